The fraction of sp³-hybridized carbons (Fsp3) is 0.500. The van der Waals surface area contributed by atoms with Gasteiger partial charge in [0, 0.05) is 17.3 Å². The second-order valence-electron chi connectivity index (χ2n) is 4.82. The second-order valence-corrected chi connectivity index (χ2v) is 4.82. The van der Waals surface area contributed by atoms with Gasteiger partial charge in [-0.3, -0.25) is 10.6 Å². The molecule has 2 atom stereocenters. The first-order valence-electron chi connectivity index (χ1n) is 6.37. The first-order chi connectivity index (χ1) is 8.49. The summed E-state index contributed by atoms with van der Waals surface area (Å²) in [7, 11) is 0. The Hall–Kier alpha value is -1.55. The van der Waals surface area contributed by atoms with Gasteiger partial charge in [0.05, 0.1) is 0 Å². The monoisotopic (exact) mass is 249 g/mol. The van der Waals surface area contributed by atoms with Gasteiger partial charge in [0.15, 0.2) is 0 Å². The van der Waals surface area contributed by atoms with Gasteiger partial charge in [-0.15, -0.1) is 0 Å². The number of benzene rings is 1. The number of anilines is 1. The number of carbonyl (C=O) groups excluding carboxylic acids is 1. The van der Waals surface area contributed by atoms with Crippen molar-refractivity contribution in [2.24, 2.45) is 11.8 Å². The van der Waals surface area contributed by atoms with Crippen LogP contribution in [0.5, 0.6) is 0 Å². The van der Waals surface area contributed by atoms with Gasteiger partial charge in [-0.1, -0.05) is 20.3 Å². The summed E-state index contributed by atoms with van der Waals surface area (Å²) in [4.78, 5) is 12.1. The second kappa shape index (κ2) is 6.40. The Morgan fingerprint density at radius 1 is 1.39 bits per heavy atom. The van der Waals surface area contributed by atoms with E-state index in [1.165, 1.54) is 0 Å². The number of nitrogen functional groups attached to an aromatic ring is 1. The van der Waals surface area contributed by atoms with Crippen molar-refractivity contribution in [2.75, 3.05) is 5.43 Å². The van der Waals surface area contributed by atoms with Crippen LogP contribution in [0.2, 0.25) is 0 Å². The van der Waals surface area contributed by atoms with Crippen LogP contribution in [0.4, 0.5) is 5.69 Å². The van der Waals surface area contributed by atoms with Crippen LogP contribution >= 0.6 is 0 Å². The minimum absolute atomic E-state index is 0.0242. The number of hydrogen-bond acceptors (Lipinski definition) is 3. The number of rotatable bonds is 5. The van der Waals surface area contributed by atoms with E-state index in [0.717, 1.165) is 17.7 Å². The van der Waals surface area contributed by atoms with Crippen molar-refractivity contribution in [1.82, 2.24) is 5.32 Å². The highest BCUT2D eigenvalue weighted by Crippen LogP contribution is 2.15. The number of hydrogen-bond donors (Lipinski definition) is 3. The topological polar surface area (TPSA) is 67.2 Å². The summed E-state index contributed by atoms with van der Waals surface area (Å²) in [6.45, 7) is 8.21. The lowest BCUT2D eigenvalue weighted by Crippen LogP contribution is -2.37. The normalized spacial score (nSPS) is 13.8. The van der Waals surface area contributed by atoms with Gasteiger partial charge < -0.3 is 10.7 Å². The zero-order valence-electron chi connectivity index (χ0n) is 11.6. The van der Waals surface area contributed by atoms with Crippen molar-refractivity contribution >= 4 is 11.6 Å². The molecule has 1 amide bonds. The lowest BCUT2D eigenvalue weighted by molar-refractivity contribution is 0.0927. The van der Waals surface area contributed by atoms with Crippen molar-refractivity contribution in [3.8, 4) is 0 Å². The largest absolute Gasteiger partial charge is 0.349 e. The summed E-state index contributed by atoms with van der Waals surface area (Å²) < 4.78 is 0. The summed E-state index contributed by atoms with van der Waals surface area (Å²) in [5.74, 6) is 5.78. The van der Waals surface area contributed by atoms with E-state index in [0.29, 0.717) is 11.5 Å². The standard InChI is InChI=1S/C14H23N3O/c1-5-9(2)11(4)16-14(18)13-7-6-12(17-15)8-10(13)3/h6-9,11,17H,5,15H2,1-4H3,(H,16,18). The third-order valence-electron chi connectivity index (χ3n) is 3.49. The number of carbonyl (C=O) groups is 1. The van der Waals surface area contributed by atoms with Gasteiger partial charge in [0.25, 0.3) is 5.91 Å². The highest BCUT2D eigenvalue weighted by atomic mass is 16.1. The Balaban J connectivity index is 2.78. The Kier molecular flexibility index (Phi) is 5.16. The molecule has 0 aliphatic heterocycles. The Bertz CT molecular complexity index is 418. The number of amides is 1. The molecule has 100 valence electrons. The van der Waals surface area contributed by atoms with Crippen LogP contribution in [0.15, 0.2) is 18.2 Å². The molecule has 0 radical (unpaired) electrons. The fourth-order valence-electron chi connectivity index (χ4n) is 1.79. The highest BCUT2D eigenvalue weighted by molar-refractivity contribution is 5.96. The van der Waals surface area contributed by atoms with E-state index < -0.39 is 0 Å². The molecule has 0 saturated heterocycles. The summed E-state index contributed by atoms with van der Waals surface area (Å²) in [5.41, 5.74) is 4.99. The molecule has 0 aliphatic rings. The van der Waals surface area contributed by atoms with E-state index in [9.17, 15) is 4.79 Å². The molecule has 1 aromatic rings. The Morgan fingerprint density at radius 3 is 2.56 bits per heavy atom. The molecule has 0 fully saturated rings. The SMILES string of the molecule is CCC(C)C(C)NC(=O)c1ccc(NN)cc1C. The first-order valence-corrected chi connectivity index (χ1v) is 6.37. The minimum atomic E-state index is -0.0242. The lowest BCUT2D eigenvalue weighted by atomic mass is 10.00. The molecule has 1 rings (SSSR count). The molecule has 4 nitrogen and oxygen atoms in total. The Morgan fingerprint density at radius 2 is 2.06 bits per heavy atom. The van der Waals surface area contributed by atoms with E-state index in [1.54, 1.807) is 12.1 Å². The van der Waals surface area contributed by atoms with Gasteiger partial charge >= 0.3 is 0 Å². The molecule has 0 aromatic heterocycles. The molecule has 0 saturated carbocycles. The quantitative estimate of drug-likeness (QED) is 0.554. The molecule has 18 heavy (non-hydrogen) atoms. The lowest BCUT2D eigenvalue weighted by Gasteiger charge is -2.20. The van der Waals surface area contributed by atoms with Crippen LogP contribution < -0.4 is 16.6 Å². The third kappa shape index (κ3) is 3.47. The summed E-state index contributed by atoms with van der Waals surface area (Å²) in [6.07, 6.45) is 1.05. The maximum atomic E-state index is 12.1. The maximum Gasteiger partial charge on any atom is 0.251 e. The van der Waals surface area contributed by atoms with E-state index in [2.05, 4.69) is 24.6 Å². The van der Waals surface area contributed by atoms with Crippen molar-refractivity contribution in [2.45, 2.75) is 40.2 Å². The van der Waals surface area contributed by atoms with E-state index in [-0.39, 0.29) is 11.9 Å². The van der Waals surface area contributed by atoms with Crippen molar-refractivity contribution < 1.29 is 4.79 Å². The molecular formula is C14H23N3O. The number of hydrazine groups is 1. The van der Waals surface area contributed by atoms with Crippen molar-refractivity contribution in [1.29, 1.82) is 0 Å². The molecule has 0 bridgehead atoms. The van der Waals surface area contributed by atoms with Crippen molar-refractivity contribution in [3.05, 3.63) is 29.3 Å². The van der Waals surface area contributed by atoms with Gasteiger partial charge in [0.2, 0.25) is 0 Å². The zero-order valence-corrected chi connectivity index (χ0v) is 11.6. The maximum absolute atomic E-state index is 12.1. The van der Waals surface area contributed by atoms with E-state index >= 15 is 0 Å². The number of nitrogens with one attached hydrogen (secondary N) is 2. The molecular weight excluding hydrogens is 226 g/mol. The van der Waals surface area contributed by atoms with Crippen LogP contribution in [-0.4, -0.2) is 11.9 Å². The van der Waals surface area contributed by atoms with Gasteiger partial charge in [-0.2, -0.15) is 0 Å². The third-order valence-corrected chi connectivity index (χ3v) is 3.49. The minimum Gasteiger partial charge on any atom is -0.349 e. The molecule has 4 N–H and O–H groups in total. The zero-order chi connectivity index (χ0) is 13.7. The molecule has 4 heteroatoms. The van der Waals surface area contributed by atoms with Crippen molar-refractivity contribution in [3.63, 3.8) is 0 Å². The summed E-state index contributed by atoms with van der Waals surface area (Å²) in [6, 6.07) is 5.64. The molecule has 0 heterocycles. The highest BCUT2D eigenvalue weighted by Gasteiger charge is 2.15. The predicted molar refractivity (Wildman–Crippen MR) is 75.4 cm³/mol. The average Bonchev–Trinajstić information content (AvgIpc) is 2.37. The Labute approximate surface area is 109 Å². The van der Waals surface area contributed by atoms with Gasteiger partial charge in [-0.25, -0.2) is 0 Å². The first kappa shape index (κ1) is 14.5. The van der Waals surface area contributed by atoms with E-state index in [1.807, 2.05) is 19.9 Å². The molecule has 1 aromatic carbocycles. The number of aryl methyl sites for hydroxylation is 1. The molecule has 0 aliphatic carbocycles. The van der Waals surface area contributed by atoms with Crippen LogP contribution in [0, 0.1) is 12.8 Å². The summed E-state index contributed by atoms with van der Waals surface area (Å²) >= 11 is 0. The van der Waals surface area contributed by atoms with Gasteiger partial charge in [-0.05, 0) is 43.5 Å². The van der Waals surface area contributed by atoms with Gasteiger partial charge in [0.1, 0.15) is 0 Å². The van der Waals surface area contributed by atoms with Crippen LogP contribution in [0.3, 0.4) is 0 Å². The fourth-order valence-corrected chi connectivity index (χ4v) is 1.79. The van der Waals surface area contributed by atoms with Crippen LogP contribution in [-0.2, 0) is 0 Å². The predicted octanol–water partition coefficient (Wildman–Crippen LogP) is 2.45. The summed E-state index contributed by atoms with van der Waals surface area (Å²) in [5, 5.41) is 3.03. The average molecular weight is 249 g/mol. The molecule has 0 spiro atoms. The molecule has 2 unspecified atom stereocenters. The smallest absolute Gasteiger partial charge is 0.251 e. The number of nitrogens with two attached hydrogens (primary N) is 1. The van der Waals surface area contributed by atoms with Crippen LogP contribution in [0.25, 0.3) is 0 Å². The van der Waals surface area contributed by atoms with Crippen LogP contribution in [0.1, 0.15) is 43.1 Å². The van der Waals surface area contributed by atoms with E-state index in [4.69, 9.17) is 5.84 Å².